The van der Waals surface area contributed by atoms with Gasteiger partial charge in [-0.15, -0.1) is 0 Å². The molecule has 0 aromatic heterocycles. The van der Waals surface area contributed by atoms with Gasteiger partial charge in [-0.05, 0) is 24.7 Å². The molecule has 188 valence electrons. The van der Waals surface area contributed by atoms with Crippen LogP contribution >= 0.6 is 0 Å². The molecule has 0 bridgehead atoms. The van der Waals surface area contributed by atoms with Gasteiger partial charge in [-0.1, -0.05) is 80.1 Å². The number of carbonyl (C=O) groups is 3. The highest BCUT2D eigenvalue weighted by molar-refractivity contribution is 5.89. The summed E-state index contributed by atoms with van der Waals surface area (Å²) in [7, 11) is 3.20. The first-order valence-electron chi connectivity index (χ1n) is 12.4. The third-order valence-electron chi connectivity index (χ3n) is 5.69. The van der Waals surface area contributed by atoms with Gasteiger partial charge in [0.1, 0.15) is 12.1 Å². The van der Waals surface area contributed by atoms with Crippen molar-refractivity contribution in [1.82, 2.24) is 9.80 Å². The molecule has 0 N–H and O–H groups in total. The maximum absolute atomic E-state index is 13.4. The van der Waals surface area contributed by atoms with Crippen molar-refractivity contribution in [3.8, 4) is 0 Å². The van der Waals surface area contributed by atoms with E-state index in [1.54, 1.807) is 14.1 Å². The summed E-state index contributed by atoms with van der Waals surface area (Å²) >= 11 is 0. The zero-order chi connectivity index (χ0) is 24.7. The van der Waals surface area contributed by atoms with Gasteiger partial charge < -0.3 is 14.4 Å². The first kappa shape index (κ1) is 30.2. The number of esters is 1. The summed E-state index contributed by atoms with van der Waals surface area (Å²) in [5, 5.41) is 0. The summed E-state index contributed by atoms with van der Waals surface area (Å²) in [6.07, 6.45) is 7.60. The number of ether oxygens (including phenoxy) is 2. The van der Waals surface area contributed by atoms with Crippen LogP contribution in [0.15, 0.2) is 0 Å². The molecule has 7 heteroatoms. The Morgan fingerprint density at radius 1 is 0.656 bits per heavy atom. The molecule has 2 amide bonds. The molecule has 0 aromatic rings. The van der Waals surface area contributed by atoms with Crippen LogP contribution in [0.4, 0.5) is 4.79 Å². The largest absolute Gasteiger partial charge is 0.464 e. The van der Waals surface area contributed by atoms with Crippen molar-refractivity contribution in [2.45, 2.75) is 105 Å². The molecule has 0 aliphatic heterocycles. The smallest absolute Gasteiger partial charge is 0.410 e. The Hall–Kier alpha value is -1.79. The average molecular weight is 457 g/mol. The Balaban J connectivity index is 5.12. The van der Waals surface area contributed by atoms with Gasteiger partial charge >= 0.3 is 12.1 Å². The number of hydrogen-bond donors (Lipinski definition) is 0. The molecule has 0 heterocycles. The van der Waals surface area contributed by atoms with Gasteiger partial charge in [-0.25, -0.2) is 9.59 Å². The van der Waals surface area contributed by atoms with E-state index in [4.69, 9.17) is 9.47 Å². The van der Waals surface area contributed by atoms with Gasteiger partial charge in [0.25, 0.3) is 0 Å². The number of amides is 2. The van der Waals surface area contributed by atoms with E-state index in [0.29, 0.717) is 13.2 Å². The molecule has 0 aliphatic carbocycles. The normalized spacial score (nSPS) is 13.1. The van der Waals surface area contributed by atoms with Gasteiger partial charge in [-0.2, -0.15) is 0 Å². The molecule has 0 aliphatic rings. The van der Waals surface area contributed by atoms with Crippen molar-refractivity contribution >= 4 is 18.0 Å². The van der Waals surface area contributed by atoms with E-state index in [1.165, 1.54) is 9.80 Å². The number of nitrogens with zero attached hydrogens (tertiary/aromatic N) is 2. The monoisotopic (exact) mass is 456 g/mol. The third-order valence-corrected chi connectivity index (χ3v) is 5.69. The van der Waals surface area contributed by atoms with Crippen LogP contribution in [0.5, 0.6) is 0 Å². The van der Waals surface area contributed by atoms with E-state index in [2.05, 4.69) is 13.8 Å². The Morgan fingerprint density at radius 2 is 1.12 bits per heavy atom. The molecule has 0 radical (unpaired) electrons. The highest BCUT2D eigenvalue weighted by Crippen LogP contribution is 2.19. The summed E-state index contributed by atoms with van der Waals surface area (Å²) in [6.45, 7) is 12.5. The Morgan fingerprint density at radius 3 is 1.56 bits per heavy atom. The third kappa shape index (κ3) is 10.7. The molecule has 0 aromatic carbocycles. The predicted molar refractivity (Wildman–Crippen MR) is 128 cm³/mol. The van der Waals surface area contributed by atoms with E-state index >= 15 is 0 Å². The summed E-state index contributed by atoms with van der Waals surface area (Å²) in [5.74, 6) is -0.931. The quantitative estimate of drug-likeness (QED) is 0.234. The van der Waals surface area contributed by atoms with Crippen molar-refractivity contribution in [3.05, 3.63) is 0 Å². The Bertz CT molecular complexity index is 550. The first-order chi connectivity index (χ1) is 15.1. The lowest BCUT2D eigenvalue weighted by atomic mass is 9.98. The number of likely N-dealkylation sites (N-methyl/N-ethyl adjacent to an activating group) is 2. The summed E-state index contributed by atoms with van der Waals surface area (Å²) in [5.41, 5.74) is 0. The van der Waals surface area contributed by atoms with Crippen molar-refractivity contribution in [3.63, 3.8) is 0 Å². The van der Waals surface area contributed by atoms with E-state index < -0.39 is 24.1 Å². The lowest BCUT2D eigenvalue weighted by Gasteiger charge is -2.36. The molecule has 32 heavy (non-hydrogen) atoms. The highest BCUT2D eigenvalue weighted by atomic mass is 16.6. The second kappa shape index (κ2) is 16.8. The van der Waals surface area contributed by atoms with Gasteiger partial charge in [0.05, 0.1) is 13.2 Å². The van der Waals surface area contributed by atoms with Crippen LogP contribution in [0.2, 0.25) is 0 Å². The van der Waals surface area contributed by atoms with E-state index in [9.17, 15) is 14.4 Å². The van der Waals surface area contributed by atoms with Crippen LogP contribution < -0.4 is 0 Å². The zero-order valence-corrected chi connectivity index (χ0v) is 21.8. The van der Waals surface area contributed by atoms with E-state index in [1.807, 2.05) is 27.7 Å². The minimum absolute atomic E-state index is 0.115. The number of hydrogen-bond acceptors (Lipinski definition) is 5. The molecule has 7 nitrogen and oxygen atoms in total. The molecule has 2 atom stereocenters. The summed E-state index contributed by atoms with van der Waals surface area (Å²) in [4.78, 5) is 41.5. The topological polar surface area (TPSA) is 76.2 Å². The molecule has 0 saturated carbocycles. The lowest BCUT2D eigenvalue weighted by molar-refractivity contribution is -0.158. The molecule has 0 fully saturated rings. The SMILES string of the molecule is CCCCCCOC(=O)C(C(C)C)N(C)C(=O)C(C(C)C)N(C)C(=O)OCCCCCC. The van der Waals surface area contributed by atoms with Crippen molar-refractivity contribution in [2.75, 3.05) is 27.3 Å². The number of rotatable bonds is 16. The van der Waals surface area contributed by atoms with Gasteiger partial charge in [0, 0.05) is 14.1 Å². The minimum Gasteiger partial charge on any atom is -0.464 e. The second-order valence-corrected chi connectivity index (χ2v) is 9.34. The molecular weight excluding hydrogens is 408 g/mol. The van der Waals surface area contributed by atoms with E-state index in [-0.39, 0.29) is 17.7 Å². The first-order valence-corrected chi connectivity index (χ1v) is 12.4. The van der Waals surface area contributed by atoms with Crippen LogP contribution in [0.25, 0.3) is 0 Å². The van der Waals surface area contributed by atoms with Crippen LogP contribution in [0.1, 0.15) is 92.9 Å². The molecule has 0 saturated heterocycles. The molecular formula is C25H48N2O5. The van der Waals surface area contributed by atoms with Gasteiger partial charge in [0.2, 0.25) is 5.91 Å². The molecule has 0 rings (SSSR count). The molecule has 0 spiro atoms. The Labute approximate surface area is 196 Å². The number of unbranched alkanes of at least 4 members (excludes halogenated alkanes) is 6. The van der Waals surface area contributed by atoms with Crippen LogP contribution in [-0.2, 0) is 19.1 Å². The van der Waals surface area contributed by atoms with Crippen molar-refractivity contribution in [2.24, 2.45) is 11.8 Å². The van der Waals surface area contributed by atoms with Crippen molar-refractivity contribution in [1.29, 1.82) is 0 Å². The number of carbonyl (C=O) groups excluding carboxylic acids is 3. The fourth-order valence-corrected chi connectivity index (χ4v) is 3.81. The minimum atomic E-state index is -0.721. The van der Waals surface area contributed by atoms with Crippen molar-refractivity contribution < 1.29 is 23.9 Å². The van der Waals surface area contributed by atoms with E-state index in [0.717, 1.165) is 51.4 Å². The van der Waals surface area contributed by atoms with Crippen LogP contribution in [-0.4, -0.2) is 67.2 Å². The fraction of sp³-hybridized carbons (Fsp3) is 0.880. The van der Waals surface area contributed by atoms with Crippen LogP contribution in [0.3, 0.4) is 0 Å². The average Bonchev–Trinajstić information content (AvgIpc) is 2.72. The summed E-state index contributed by atoms with van der Waals surface area (Å²) in [6, 6.07) is -1.42. The lowest BCUT2D eigenvalue weighted by Crippen LogP contribution is -2.56. The maximum atomic E-state index is 13.4. The highest BCUT2D eigenvalue weighted by Gasteiger charge is 2.38. The predicted octanol–water partition coefficient (Wildman–Crippen LogP) is 5.27. The zero-order valence-electron chi connectivity index (χ0n) is 21.8. The fourth-order valence-electron chi connectivity index (χ4n) is 3.81. The van der Waals surface area contributed by atoms with Gasteiger partial charge in [-0.3, -0.25) is 9.69 Å². The maximum Gasteiger partial charge on any atom is 0.410 e. The van der Waals surface area contributed by atoms with Crippen LogP contribution in [0, 0.1) is 11.8 Å². The standard InChI is InChI=1S/C25H48N2O5/c1-9-11-13-15-17-31-24(29)22(20(5)6)26(7)23(28)21(19(3)4)27(8)25(30)32-18-16-14-12-10-2/h19-22H,9-18H2,1-8H3. The summed E-state index contributed by atoms with van der Waals surface area (Å²) < 4.78 is 10.9. The van der Waals surface area contributed by atoms with Gasteiger partial charge in [0.15, 0.2) is 0 Å². The second-order valence-electron chi connectivity index (χ2n) is 9.34. The Kier molecular flexibility index (Phi) is 15.8. The molecule has 2 unspecified atom stereocenters.